The molecule has 1 aromatic heterocycles. The quantitative estimate of drug-likeness (QED) is 0.799. The van der Waals surface area contributed by atoms with Gasteiger partial charge in [0.1, 0.15) is 6.54 Å². The molecular formula is C17H17N3O. The molecule has 2 aromatic carbocycles. The van der Waals surface area contributed by atoms with E-state index < -0.39 is 0 Å². The number of hydrogen-bond donors (Lipinski definition) is 1. The van der Waals surface area contributed by atoms with Gasteiger partial charge in [-0.05, 0) is 25.3 Å². The predicted octanol–water partition coefficient (Wildman–Crippen LogP) is 3.29. The molecule has 0 aliphatic heterocycles. The number of aromatic nitrogens is 2. The fourth-order valence-electron chi connectivity index (χ4n) is 2.38. The molecule has 1 heterocycles. The van der Waals surface area contributed by atoms with E-state index in [1.807, 2.05) is 60.9 Å². The summed E-state index contributed by atoms with van der Waals surface area (Å²) in [7, 11) is 0. The third-order valence-corrected chi connectivity index (χ3v) is 3.72. The summed E-state index contributed by atoms with van der Waals surface area (Å²) in [6.07, 6.45) is 1.70. The molecule has 21 heavy (non-hydrogen) atoms. The van der Waals surface area contributed by atoms with Gasteiger partial charge < -0.3 is 9.88 Å². The molecule has 106 valence electrons. The summed E-state index contributed by atoms with van der Waals surface area (Å²) in [4.78, 5) is 16.4. The van der Waals surface area contributed by atoms with E-state index >= 15 is 0 Å². The van der Waals surface area contributed by atoms with Crippen LogP contribution in [0.1, 0.15) is 11.4 Å². The molecule has 0 unspecified atom stereocenters. The molecule has 1 amide bonds. The van der Waals surface area contributed by atoms with Crippen LogP contribution in [0.4, 0.5) is 5.69 Å². The summed E-state index contributed by atoms with van der Waals surface area (Å²) in [5.41, 5.74) is 2.81. The van der Waals surface area contributed by atoms with Gasteiger partial charge in [0.15, 0.2) is 0 Å². The number of hydrogen-bond acceptors (Lipinski definition) is 2. The Kier molecular flexibility index (Phi) is 3.44. The first-order valence-electron chi connectivity index (χ1n) is 6.91. The zero-order valence-corrected chi connectivity index (χ0v) is 12.1. The van der Waals surface area contributed by atoms with Gasteiger partial charge in [0.25, 0.3) is 0 Å². The van der Waals surface area contributed by atoms with Crippen molar-refractivity contribution in [3.05, 3.63) is 60.2 Å². The predicted molar refractivity (Wildman–Crippen MR) is 84.3 cm³/mol. The minimum Gasteiger partial charge on any atom is -0.325 e. The first kappa shape index (κ1) is 13.4. The fourth-order valence-corrected chi connectivity index (χ4v) is 2.38. The van der Waals surface area contributed by atoms with Gasteiger partial charge in [0, 0.05) is 16.8 Å². The maximum atomic E-state index is 12.2. The van der Waals surface area contributed by atoms with Gasteiger partial charge >= 0.3 is 0 Å². The molecule has 3 rings (SSSR count). The maximum Gasteiger partial charge on any atom is 0.244 e. The Balaban J connectivity index is 1.82. The Morgan fingerprint density at radius 3 is 2.67 bits per heavy atom. The van der Waals surface area contributed by atoms with Crippen LogP contribution in [0.15, 0.2) is 48.8 Å². The van der Waals surface area contributed by atoms with Gasteiger partial charge in [-0.15, -0.1) is 0 Å². The molecule has 4 nitrogen and oxygen atoms in total. The normalized spacial score (nSPS) is 10.8. The van der Waals surface area contributed by atoms with E-state index in [-0.39, 0.29) is 12.5 Å². The molecule has 1 N–H and O–H groups in total. The number of fused-ring (bicyclic) bond motifs is 1. The number of rotatable bonds is 3. The van der Waals surface area contributed by atoms with E-state index in [0.717, 1.165) is 27.8 Å². The molecule has 0 saturated carbocycles. The minimum absolute atomic E-state index is 0.0492. The standard InChI is InChI=1S/C17H17N3O/c1-12-13(2)20(11-18-12)10-17(21)19-16-9-5-7-14-6-3-4-8-15(14)16/h3-9,11H,10H2,1-2H3,(H,19,21). The number of amides is 1. The van der Waals surface area contributed by atoms with Gasteiger partial charge in [0.05, 0.1) is 12.0 Å². The summed E-state index contributed by atoms with van der Waals surface area (Å²) in [6.45, 7) is 4.18. The van der Waals surface area contributed by atoms with Crippen LogP contribution < -0.4 is 5.32 Å². The lowest BCUT2D eigenvalue weighted by molar-refractivity contribution is -0.116. The smallest absolute Gasteiger partial charge is 0.244 e. The van der Waals surface area contributed by atoms with Crippen molar-refractivity contribution in [1.29, 1.82) is 0 Å². The van der Waals surface area contributed by atoms with Crippen LogP contribution in [0.2, 0.25) is 0 Å². The van der Waals surface area contributed by atoms with E-state index in [1.54, 1.807) is 6.33 Å². The topological polar surface area (TPSA) is 46.9 Å². The first-order valence-corrected chi connectivity index (χ1v) is 6.91. The summed E-state index contributed by atoms with van der Waals surface area (Å²) >= 11 is 0. The van der Waals surface area contributed by atoms with Gasteiger partial charge in [0.2, 0.25) is 5.91 Å². The molecule has 0 aliphatic rings. The van der Waals surface area contributed by atoms with E-state index in [9.17, 15) is 4.79 Å². The molecule has 0 spiro atoms. The third-order valence-electron chi connectivity index (χ3n) is 3.72. The van der Waals surface area contributed by atoms with E-state index in [2.05, 4.69) is 10.3 Å². The van der Waals surface area contributed by atoms with Crippen LogP contribution in [0.25, 0.3) is 10.8 Å². The summed E-state index contributed by atoms with van der Waals surface area (Å²) in [5.74, 6) is -0.0492. The van der Waals surface area contributed by atoms with Crippen molar-refractivity contribution < 1.29 is 4.79 Å². The Hall–Kier alpha value is -2.62. The fraction of sp³-hybridized carbons (Fsp3) is 0.176. The second kappa shape index (κ2) is 5.40. The van der Waals surface area contributed by atoms with Crippen molar-refractivity contribution >= 4 is 22.4 Å². The number of imidazole rings is 1. The molecule has 0 radical (unpaired) electrons. The van der Waals surface area contributed by atoms with Crippen LogP contribution in [-0.4, -0.2) is 15.5 Å². The molecule has 4 heteroatoms. The van der Waals surface area contributed by atoms with E-state index in [1.165, 1.54) is 0 Å². The highest BCUT2D eigenvalue weighted by Gasteiger charge is 2.09. The number of carbonyl (C=O) groups is 1. The number of aryl methyl sites for hydroxylation is 1. The zero-order valence-electron chi connectivity index (χ0n) is 12.1. The number of anilines is 1. The van der Waals surface area contributed by atoms with E-state index in [4.69, 9.17) is 0 Å². The van der Waals surface area contributed by atoms with Crippen molar-refractivity contribution in [3.63, 3.8) is 0 Å². The number of nitrogens with zero attached hydrogens (tertiary/aromatic N) is 2. The van der Waals surface area contributed by atoms with Crippen molar-refractivity contribution in [2.45, 2.75) is 20.4 Å². The SMILES string of the molecule is Cc1ncn(CC(=O)Nc2cccc3ccccc23)c1C. The molecule has 0 saturated heterocycles. The number of carbonyl (C=O) groups excluding carboxylic acids is 1. The van der Waals surface area contributed by atoms with E-state index in [0.29, 0.717) is 0 Å². The highest BCUT2D eigenvalue weighted by atomic mass is 16.1. The zero-order chi connectivity index (χ0) is 14.8. The molecule has 0 fully saturated rings. The largest absolute Gasteiger partial charge is 0.325 e. The Bertz CT molecular complexity index is 799. The molecular weight excluding hydrogens is 262 g/mol. The van der Waals surface area contributed by atoms with Crippen molar-refractivity contribution in [2.75, 3.05) is 5.32 Å². The Labute approximate surface area is 123 Å². The first-order chi connectivity index (χ1) is 10.1. The summed E-state index contributed by atoms with van der Waals surface area (Å²) < 4.78 is 1.86. The number of benzene rings is 2. The second-order valence-corrected chi connectivity index (χ2v) is 5.12. The summed E-state index contributed by atoms with van der Waals surface area (Å²) in [6, 6.07) is 13.9. The van der Waals surface area contributed by atoms with Gasteiger partial charge in [-0.2, -0.15) is 0 Å². The monoisotopic (exact) mass is 279 g/mol. The van der Waals surface area contributed by atoms with Crippen LogP contribution >= 0.6 is 0 Å². The Morgan fingerprint density at radius 2 is 1.90 bits per heavy atom. The lowest BCUT2D eigenvalue weighted by Gasteiger charge is -2.10. The van der Waals surface area contributed by atoms with Crippen LogP contribution in [-0.2, 0) is 11.3 Å². The van der Waals surface area contributed by atoms with Gasteiger partial charge in [-0.1, -0.05) is 36.4 Å². The van der Waals surface area contributed by atoms with Crippen molar-refractivity contribution in [1.82, 2.24) is 9.55 Å². The second-order valence-electron chi connectivity index (χ2n) is 5.12. The van der Waals surface area contributed by atoms with Crippen LogP contribution in [0.5, 0.6) is 0 Å². The molecule has 0 bridgehead atoms. The van der Waals surface area contributed by atoms with Crippen LogP contribution in [0.3, 0.4) is 0 Å². The molecule has 0 aliphatic carbocycles. The average Bonchev–Trinajstić information content (AvgIpc) is 2.80. The number of nitrogens with one attached hydrogen (secondary N) is 1. The Morgan fingerprint density at radius 1 is 1.14 bits per heavy atom. The van der Waals surface area contributed by atoms with Gasteiger partial charge in [-0.25, -0.2) is 4.98 Å². The van der Waals surface area contributed by atoms with Crippen molar-refractivity contribution in [2.24, 2.45) is 0 Å². The van der Waals surface area contributed by atoms with Crippen LogP contribution in [0, 0.1) is 13.8 Å². The highest BCUT2D eigenvalue weighted by molar-refractivity contribution is 6.02. The lowest BCUT2D eigenvalue weighted by Crippen LogP contribution is -2.19. The molecule has 0 atom stereocenters. The lowest BCUT2D eigenvalue weighted by atomic mass is 10.1. The average molecular weight is 279 g/mol. The maximum absolute atomic E-state index is 12.2. The third kappa shape index (κ3) is 2.65. The highest BCUT2D eigenvalue weighted by Crippen LogP contribution is 2.22. The minimum atomic E-state index is -0.0492. The van der Waals surface area contributed by atoms with Crippen molar-refractivity contribution in [3.8, 4) is 0 Å². The van der Waals surface area contributed by atoms with Gasteiger partial charge in [-0.3, -0.25) is 4.79 Å². The summed E-state index contributed by atoms with van der Waals surface area (Å²) in [5, 5.41) is 5.15. The molecule has 3 aromatic rings.